The van der Waals surface area contributed by atoms with Crippen molar-refractivity contribution in [1.29, 1.82) is 0 Å². The van der Waals surface area contributed by atoms with Crippen LogP contribution in [0.2, 0.25) is 5.15 Å². The van der Waals surface area contributed by atoms with Gasteiger partial charge in [-0.2, -0.15) is 13.8 Å². The second-order valence-electron chi connectivity index (χ2n) is 6.16. The minimum absolute atomic E-state index is 0.0425. The molecule has 9 nitrogen and oxygen atoms in total. The van der Waals surface area contributed by atoms with E-state index in [4.69, 9.17) is 26.2 Å². The van der Waals surface area contributed by atoms with Crippen molar-refractivity contribution in [3.63, 3.8) is 0 Å². The lowest BCUT2D eigenvalue weighted by atomic mass is 10.2. The molecule has 2 heterocycles. The second-order valence-corrected chi connectivity index (χ2v) is 6.55. The van der Waals surface area contributed by atoms with Crippen molar-refractivity contribution in [2.24, 2.45) is 0 Å². The van der Waals surface area contributed by atoms with Crippen LogP contribution in [0.25, 0.3) is 0 Å². The largest absolute Gasteiger partial charge is 0.481 e. The topological polar surface area (TPSA) is 120 Å². The summed E-state index contributed by atoms with van der Waals surface area (Å²) in [6, 6.07) is 5.18. The lowest BCUT2D eigenvalue weighted by Crippen LogP contribution is -2.16. The molecule has 1 atom stereocenters. The Morgan fingerprint density at radius 1 is 1.12 bits per heavy atom. The Morgan fingerprint density at radius 2 is 1.78 bits per heavy atom. The maximum absolute atomic E-state index is 12.1. The number of rotatable bonds is 9. The number of nitrogens with one attached hydrogen (secondary N) is 1. The number of carbonyl (C=O) groups is 2. The van der Waals surface area contributed by atoms with Gasteiger partial charge in [-0.15, -0.1) is 0 Å². The number of carboxylic acids is 1. The highest BCUT2D eigenvalue weighted by molar-refractivity contribution is 6.29. The summed E-state index contributed by atoms with van der Waals surface area (Å²) in [4.78, 5) is 29.7. The highest BCUT2D eigenvalue weighted by Crippen LogP contribution is 2.19. The number of methoxy groups -OCH3 is 1. The number of halogens is 3. The van der Waals surface area contributed by atoms with E-state index >= 15 is 0 Å². The number of nitrogens with zero attached hydrogens (tertiary/aromatic N) is 2. The average Bonchev–Trinajstić information content (AvgIpc) is 2.73. The molecule has 2 rings (SSSR count). The third kappa shape index (κ3) is 9.29. The molecule has 0 aliphatic rings. The lowest BCUT2D eigenvalue weighted by Gasteiger charge is -2.13. The monoisotopic (exact) mass is 475 g/mol. The number of carboxylic acid groups (broad SMARTS) is 1. The van der Waals surface area contributed by atoms with E-state index < -0.39 is 24.4 Å². The molecule has 0 aromatic carbocycles. The molecule has 2 aromatic rings. The Bertz CT molecular complexity index is 917. The van der Waals surface area contributed by atoms with Crippen LogP contribution >= 0.6 is 11.6 Å². The molecule has 12 heteroatoms. The molecule has 0 aliphatic heterocycles. The van der Waals surface area contributed by atoms with E-state index in [1.807, 2.05) is 13.8 Å². The van der Waals surface area contributed by atoms with E-state index in [0.717, 1.165) is 12.5 Å². The summed E-state index contributed by atoms with van der Waals surface area (Å²) in [5.74, 6) is -1.60. The average molecular weight is 476 g/mol. The van der Waals surface area contributed by atoms with Crippen molar-refractivity contribution in [3.05, 3.63) is 40.5 Å². The molecule has 0 saturated heterocycles. The van der Waals surface area contributed by atoms with Crippen molar-refractivity contribution in [3.8, 4) is 11.8 Å². The van der Waals surface area contributed by atoms with E-state index in [-0.39, 0.29) is 22.6 Å². The Labute approximate surface area is 188 Å². The highest BCUT2D eigenvalue weighted by atomic mass is 35.5. The molecule has 2 N–H and O–H groups in total. The molecule has 0 aliphatic carbocycles. The first kappa shape index (κ1) is 26.8. The Hall–Kier alpha value is -3.21. The van der Waals surface area contributed by atoms with Gasteiger partial charge in [-0.05, 0) is 32.4 Å². The molecule has 176 valence electrons. The number of ether oxygens (including phenoxy) is 3. The zero-order valence-electron chi connectivity index (χ0n) is 17.9. The smallest absolute Gasteiger partial charge is 0.388 e. The molecule has 0 amide bonds. The number of esters is 1. The predicted molar refractivity (Wildman–Crippen MR) is 113 cm³/mol. The van der Waals surface area contributed by atoms with E-state index in [2.05, 4.69) is 20.0 Å². The number of anilines is 1. The fourth-order valence-electron chi connectivity index (χ4n) is 2.12. The molecule has 0 bridgehead atoms. The number of hydrogen-bond donors (Lipinski definition) is 2. The van der Waals surface area contributed by atoms with Gasteiger partial charge in [0.2, 0.25) is 11.8 Å². The van der Waals surface area contributed by atoms with Crippen LogP contribution in [0.4, 0.5) is 14.6 Å². The molecule has 0 saturated carbocycles. The van der Waals surface area contributed by atoms with Crippen molar-refractivity contribution in [2.45, 2.75) is 39.8 Å². The SMILES string of the molecule is CCOC(=O)c1cc(Cl)nc(OC)c1.CC[C@H](C)Nc1cc(C(=O)O)cc(OC(F)F)n1. The van der Waals surface area contributed by atoms with Crippen molar-refractivity contribution < 1.29 is 37.7 Å². The number of aromatic carboxylic acids is 1. The lowest BCUT2D eigenvalue weighted by molar-refractivity contribution is -0.0528. The minimum atomic E-state index is -3.04. The molecule has 0 fully saturated rings. The van der Waals surface area contributed by atoms with E-state index in [1.165, 1.54) is 25.3 Å². The van der Waals surface area contributed by atoms with Gasteiger partial charge in [-0.25, -0.2) is 14.6 Å². The maximum Gasteiger partial charge on any atom is 0.388 e. The van der Waals surface area contributed by atoms with Crippen molar-refractivity contribution >= 4 is 29.4 Å². The van der Waals surface area contributed by atoms with Gasteiger partial charge in [0, 0.05) is 18.2 Å². The number of pyridine rings is 2. The van der Waals surface area contributed by atoms with Gasteiger partial charge >= 0.3 is 18.6 Å². The van der Waals surface area contributed by atoms with Gasteiger partial charge in [0.1, 0.15) is 11.0 Å². The minimum Gasteiger partial charge on any atom is -0.481 e. The van der Waals surface area contributed by atoms with Crippen LogP contribution in [0.15, 0.2) is 24.3 Å². The normalized spacial score (nSPS) is 11.1. The molecule has 32 heavy (non-hydrogen) atoms. The number of hydrogen-bond acceptors (Lipinski definition) is 8. The van der Waals surface area contributed by atoms with Gasteiger partial charge in [0.05, 0.1) is 24.8 Å². The van der Waals surface area contributed by atoms with Crippen LogP contribution in [0.5, 0.6) is 11.8 Å². The molecule has 0 unspecified atom stereocenters. The first-order chi connectivity index (χ1) is 15.1. The number of alkyl halides is 2. The van der Waals surface area contributed by atoms with Crippen LogP contribution in [-0.2, 0) is 4.74 Å². The van der Waals surface area contributed by atoms with Crippen LogP contribution < -0.4 is 14.8 Å². The summed E-state index contributed by atoms with van der Waals surface area (Å²) in [7, 11) is 1.45. The molecule has 2 aromatic heterocycles. The number of aromatic nitrogens is 2. The van der Waals surface area contributed by atoms with Crippen LogP contribution in [0.1, 0.15) is 47.9 Å². The van der Waals surface area contributed by atoms with Crippen LogP contribution in [0, 0.1) is 0 Å². The van der Waals surface area contributed by atoms with Crippen molar-refractivity contribution in [1.82, 2.24) is 9.97 Å². The summed E-state index contributed by atoms with van der Waals surface area (Å²) >= 11 is 5.67. The third-order valence-electron chi connectivity index (χ3n) is 3.76. The Kier molecular flexibility index (Phi) is 11.1. The van der Waals surface area contributed by atoms with Gasteiger partial charge in [0.25, 0.3) is 0 Å². The quantitative estimate of drug-likeness (QED) is 0.398. The van der Waals surface area contributed by atoms with Crippen LogP contribution in [0.3, 0.4) is 0 Å². The first-order valence-electron chi connectivity index (χ1n) is 9.44. The molecule has 0 spiro atoms. The summed E-state index contributed by atoms with van der Waals surface area (Å²) in [6.07, 6.45) is 0.782. The van der Waals surface area contributed by atoms with Gasteiger partial charge in [-0.3, -0.25) is 0 Å². The molecular formula is C20H24ClF2N3O6. The fraction of sp³-hybridized carbons (Fsp3) is 0.400. The van der Waals surface area contributed by atoms with Crippen LogP contribution in [-0.4, -0.2) is 53.4 Å². The molecular weight excluding hydrogens is 452 g/mol. The van der Waals surface area contributed by atoms with E-state index in [0.29, 0.717) is 18.1 Å². The van der Waals surface area contributed by atoms with Gasteiger partial charge < -0.3 is 24.6 Å². The third-order valence-corrected chi connectivity index (χ3v) is 3.95. The highest BCUT2D eigenvalue weighted by Gasteiger charge is 2.13. The predicted octanol–water partition coefficient (Wildman–Crippen LogP) is 4.51. The molecule has 0 radical (unpaired) electrons. The van der Waals surface area contributed by atoms with Gasteiger partial charge in [0.15, 0.2) is 0 Å². The van der Waals surface area contributed by atoms with Crippen molar-refractivity contribution in [2.75, 3.05) is 19.0 Å². The van der Waals surface area contributed by atoms with Gasteiger partial charge in [-0.1, -0.05) is 18.5 Å². The standard InChI is InChI=1S/C11H14F2N2O3.C9H10ClNO3/c1-3-6(2)14-8-4-7(10(16)17)5-9(15-8)18-11(12)13;1-3-14-9(12)6-4-7(10)11-8(5-6)13-2/h4-6,11H,3H2,1-2H3,(H,14,15)(H,16,17);4-5H,3H2,1-2H3/t6-;/m0./s1. The zero-order valence-corrected chi connectivity index (χ0v) is 18.7. The zero-order chi connectivity index (χ0) is 24.3. The van der Waals surface area contributed by atoms with E-state index in [1.54, 1.807) is 6.92 Å². The summed E-state index contributed by atoms with van der Waals surface area (Å²) < 4.78 is 37.9. The fourth-order valence-corrected chi connectivity index (χ4v) is 2.32. The summed E-state index contributed by atoms with van der Waals surface area (Å²) in [6.45, 7) is 2.80. The summed E-state index contributed by atoms with van der Waals surface area (Å²) in [5, 5.41) is 12.0. The maximum atomic E-state index is 12.1. The second kappa shape index (κ2) is 13.3. The Balaban J connectivity index is 0.000000330. The Morgan fingerprint density at radius 3 is 2.31 bits per heavy atom. The summed E-state index contributed by atoms with van der Waals surface area (Å²) in [5.41, 5.74) is 0.176. The van der Waals surface area contributed by atoms with E-state index in [9.17, 15) is 18.4 Å². The number of carbonyl (C=O) groups excluding carboxylic acids is 1. The first-order valence-corrected chi connectivity index (χ1v) is 9.82.